The van der Waals surface area contributed by atoms with E-state index in [9.17, 15) is 9.59 Å². The third kappa shape index (κ3) is 3.40. The van der Waals surface area contributed by atoms with Gasteiger partial charge in [0.25, 0.3) is 0 Å². The van der Waals surface area contributed by atoms with Crippen LogP contribution in [0.4, 0.5) is 0 Å². The number of carbonyl (C=O) groups is 2. The maximum Gasteiger partial charge on any atom is 0.328 e. The zero-order valence-corrected chi connectivity index (χ0v) is 15.5. The van der Waals surface area contributed by atoms with Crippen LogP contribution in [0.5, 0.6) is 0 Å². The fourth-order valence-electron chi connectivity index (χ4n) is 4.11. The van der Waals surface area contributed by atoms with Gasteiger partial charge in [0.1, 0.15) is 5.01 Å². The maximum atomic E-state index is 9.55. The van der Waals surface area contributed by atoms with Gasteiger partial charge in [0.2, 0.25) is 0 Å². The molecule has 2 aliphatic heterocycles. The van der Waals surface area contributed by atoms with Gasteiger partial charge >= 0.3 is 11.9 Å². The van der Waals surface area contributed by atoms with Crippen LogP contribution in [0.25, 0.3) is 11.6 Å². The highest BCUT2D eigenvalue weighted by molar-refractivity contribution is 7.09. The number of carboxylic acids is 2. The molecule has 0 atom stereocenters. The van der Waals surface area contributed by atoms with Gasteiger partial charge in [0, 0.05) is 24.1 Å². The first-order chi connectivity index (χ1) is 13.0. The Hall–Kier alpha value is -2.51. The van der Waals surface area contributed by atoms with E-state index in [0.29, 0.717) is 17.6 Å². The molecule has 0 unspecified atom stereocenters. The molecule has 4 aliphatic rings. The number of carboxylic acid groups (broad SMARTS) is 2. The molecule has 0 aromatic carbocycles. The van der Waals surface area contributed by atoms with Gasteiger partial charge in [-0.25, -0.2) is 14.6 Å². The molecule has 2 aliphatic carbocycles. The number of aliphatic carboxylic acids is 2. The number of hydrogen-bond donors (Lipinski definition) is 2. The Morgan fingerprint density at radius 2 is 1.89 bits per heavy atom. The number of piperidine rings is 1. The van der Waals surface area contributed by atoms with Gasteiger partial charge in [-0.05, 0) is 49.6 Å². The molecule has 1 aromatic heterocycles. The van der Waals surface area contributed by atoms with Crippen LogP contribution >= 0.6 is 11.3 Å². The van der Waals surface area contributed by atoms with E-state index in [0.717, 1.165) is 6.42 Å². The molecule has 7 heteroatoms. The van der Waals surface area contributed by atoms with Crippen molar-refractivity contribution in [2.75, 3.05) is 19.6 Å². The number of allylic oxidation sites excluding steroid dienone is 4. The van der Waals surface area contributed by atoms with E-state index in [1.54, 1.807) is 0 Å². The SMILES string of the molecule is C1=CCC2=c3nc(C45CCN(CC4)C5)sc3=CC2=C1.O=C(O)C=CC(=O)O. The van der Waals surface area contributed by atoms with E-state index in [1.807, 2.05) is 11.3 Å². The third-order valence-corrected chi connectivity index (χ3v) is 6.72. The van der Waals surface area contributed by atoms with Crippen LogP contribution in [0.3, 0.4) is 0 Å². The fourth-order valence-corrected chi connectivity index (χ4v) is 5.39. The van der Waals surface area contributed by atoms with Gasteiger partial charge in [0.15, 0.2) is 0 Å². The second-order valence-electron chi connectivity index (χ2n) is 7.18. The molecular formula is C20H20N2O4S. The van der Waals surface area contributed by atoms with Crippen LogP contribution in [-0.2, 0) is 15.0 Å². The predicted octanol–water partition coefficient (Wildman–Crippen LogP) is 1.03. The Morgan fingerprint density at radius 3 is 2.48 bits per heavy atom. The van der Waals surface area contributed by atoms with Crippen LogP contribution < -0.4 is 9.88 Å². The lowest BCUT2D eigenvalue weighted by Gasteiger charge is -2.22. The minimum absolute atomic E-state index is 0.401. The summed E-state index contributed by atoms with van der Waals surface area (Å²) in [5, 5.41) is 18.3. The van der Waals surface area contributed by atoms with Gasteiger partial charge in [-0.15, -0.1) is 11.3 Å². The largest absolute Gasteiger partial charge is 0.478 e. The average Bonchev–Trinajstić information content (AvgIpc) is 3.39. The first-order valence-electron chi connectivity index (χ1n) is 8.93. The Labute approximate surface area is 160 Å². The van der Waals surface area contributed by atoms with Gasteiger partial charge in [-0.3, -0.25) is 0 Å². The monoisotopic (exact) mass is 384 g/mol. The van der Waals surface area contributed by atoms with Gasteiger partial charge in [-0.2, -0.15) is 0 Å². The first kappa shape index (κ1) is 17.9. The number of fused-ring (bicyclic) bond motifs is 4. The van der Waals surface area contributed by atoms with Crippen LogP contribution in [0.2, 0.25) is 0 Å². The third-order valence-electron chi connectivity index (χ3n) is 5.47. The molecular weight excluding hydrogens is 364 g/mol. The predicted molar refractivity (Wildman–Crippen MR) is 103 cm³/mol. The molecule has 140 valence electrons. The van der Waals surface area contributed by atoms with Crippen LogP contribution in [0.1, 0.15) is 24.3 Å². The summed E-state index contributed by atoms with van der Waals surface area (Å²) in [6.45, 7) is 3.80. The van der Waals surface area contributed by atoms with Crippen molar-refractivity contribution in [3.8, 4) is 0 Å². The molecule has 27 heavy (non-hydrogen) atoms. The molecule has 5 rings (SSSR count). The molecule has 0 amide bonds. The molecule has 2 fully saturated rings. The number of hydrogen-bond acceptors (Lipinski definition) is 5. The smallest absolute Gasteiger partial charge is 0.328 e. The summed E-state index contributed by atoms with van der Waals surface area (Å²) in [5.74, 6) is -2.51. The van der Waals surface area contributed by atoms with Gasteiger partial charge in [0.05, 0.1) is 9.88 Å². The van der Waals surface area contributed by atoms with E-state index in [-0.39, 0.29) is 0 Å². The van der Waals surface area contributed by atoms with Crippen LogP contribution in [0, 0.1) is 0 Å². The zero-order valence-electron chi connectivity index (χ0n) is 14.7. The van der Waals surface area contributed by atoms with Crippen molar-refractivity contribution in [3.05, 3.63) is 50.8 Å². The molecule has 2 N–H and O–H groups in total. The molecule has 1 aromatic rings. The Bertz CT molecular complexity index is 991. The van der Waals surface area contributed by atoms with E-state index >= 15 is 0 Å². The molecule has 2 saturated heterocycles. The van der Waals surface area contributed by atoms with Gasteiger partial charge in [-0.1, -0.05) is 18.2 Å². The fraction of sp³-hybridized carbons (Fsp3) is 0.350. The summed E-state index contributed by atoms with van der Waals surface area (Å²) in [7, 11) is 0. The highest BCUT2D eigenvalue weighted by Gasteiger charge is 2.47. The van der Waals surface area contributed by atoms with E-state index in [2.05, 4.69) is 29.2 Å². The second-order valence-corrected chi connectivity index (χ2v) is 8.21. The minimum atomic E-state index is -1.26. The number of thiazole rings is 1. The second kappa shape index (κ2) is 6.90. The summed E-state index contributed by atoms with van der Waals surface area (Å²) >= 11 is 1.95. The molecule has 0 saturated carbocycles. The normalized spacial score (nSPS) is 26.9. The molecule has 2 bridgehead atoms. The number of nitrogens with zero attached hydrogens (tertiary/aromatic N) is 2. The highest BCUT2D eigenvalue weighted by atomic mass is 32.1. The summed E-state index contributed by atoms with van der Waals surface area (Å²) in [5.41, 5.74) is 3.24. The summed E-state index contributed by atoms with van der Waals surface area (Å²) in [6, 6.07) is 0. The maximum absolute atomic E-state index is 9.55. The topological polar surface area (TPSA) is 90.7 Å². The summed E-state index contributed by atoms with van der Waals surface area (Å²) in [6.07, 6.45) is 13.8. The van der Waals surface area contributed by atoms with Crippen molar-refractivity contribution >= 4 is 34.9 Å². The lowest BCUT2D eigenvalue weighted by atomic mass is 9.85. The molecule has 0 radical (unpaired) electrons. The Kier molecular flexibility index (Phi) is 4.57. The van der Waals surface area contributed by atoms with E-state index < -0.39 is 11.9 Å². The van der Waals surface area contributed by atoms with Crippen molar-refractivity contribution in [1.82, 2.24) is 9.88 Å². The average molecular weight is 384 g/mol. The Morgan fingerprint density at radius 1 is 1.19 bits per heavy atom. The highest BCUT2D eigenvalue weighted by Crippen LogP contribution is 2.43. The van der Waals surface area contributed by atoms with E-state index in [1.165, 1.54) is 58.5 Å². The molecule has 0 spiro atoms. The zero-order chi connectivity index (χ0) is 19.0. The first-order valence-corrected chi connectivity index (χ1v) is 9.74. The summed E-state index contributed by atoms with van der Waals surface area (Å²) < 4.78 is 1.40. The van der Waals surface area contributed by atoms with Crippen molar-refractivity contribution in [1.29, 1.82) is 0 Å². The number of rotatable bonds is 3. The summed E-state index contributed by atoms with van der Waals surface area (Å²) in [4.78, 5) is 26.8. The van der Waals surface area contributed by atoms with E-state index in [4.69, 9.17) is 15.2 Å². The van der Waals surface area contributed by atoms with Crippen molar-refractivity contribution < 1.29 is 19.8 Å². The van der Waals surface area contributed by atoms with Crippen molar-refractivity contribution in [2.45, 2.75) is 24.7 Å². The quantitative estimate of drug-likeness (QED) is 0.757. The molecule has 6 nitrogen and oxygen atoms in total. The lowest BCUT2D eigenvalue weighted by Crippen LogP contribution is -2.26. The van der Waals surface area contributed by atoms with Crippen LogP contribution in [-0.4, -0.2) is 51.7 Å². The minimum Gasteiger partial charge on any atom is -0.478 e. The number of aromatic nitrogens is 1. The van der Waals surface area contributed by atoms with Crippen molar-refractivity contribution in [3.63, 3.8) is 0 Å². The molecule has 3 heterocycles. The standard InChI is InChI=1S/C16H16N2S.C4H4O4/c1-2-4-12-11(3-1)9-13-14(12)17-15(19-13)16-5-7-18(10-16)8-6-16;5-3(6)1-2-4(7)8/h1-3,9H,4-8,10H2;1-2H,(H,5,6)(H,7,8). The van der Waals surface area contributed by atoms with Crippen LogP contribution in [0.15, 0.2) is 36.0 Å². The lowest BCUT2D eigenvalue weighted by molar-refractivity contribution is -0.134. The van der Waals surface area contributed by atoms with Crippen molar-refractivity contribution in [2.24, 2.45) is 0 Å². The van der Waals surface area contributed by atoms with Gasteiger partial charge < -0.3 is 15.1 Å². The Balaban J connectivity index is 0.000000195.